The van der Waals surface area contributed by atoms with Crippen molar-refractivity contribution in [3.05, 3.63) is 34.1 Å². The fourth-order valence-electron chi connectivity index (χ4n) is 2.21. The van der Waals surface area contributed by atoms with Gasteiger partial charge in [0.1, 0.15) is 6.04 Å². The van der Waals surface area contributed by atoms with E-state index in [1.165, 1.54) is 0 Å². The molecule has 1 aromatic rings. The second-order valence-electron chi connectivity index (χ2n) is 7.79. The summed E-state index contributed by atoms with van der Waals surface area (Å²) in [5, 5.41) is 3.55. The molecule has 0 heterocycles. The van der Waals surface area contributed by atoms with Crippen LogP contribution in [0.4, 0.5) is 11.4 Å². The summed E-state index contributed by atoms with van der Waals surface area (Å²) in [6.07, 6.45) is -0.392. The van der Waals surface area contributed by atoms with E-state index in [9.17, 15) is 4.79 Å². The van der Waals surface area contributed by atoms with Crippen LogP contribution in [0.25, 0.3) is 4.85 Å². The fourth-order valence-corrected chi connectivity index (χ4v) is 3.84. The minimum Gasteiger partial charge on any atom is -0.412 e. The van der Waals surface area contributed by atoms with Crippen LogP contribution in [-0.4, -0.2) is 26.4 Å². The predicted octanol–water partition coefficient (Wildman–Crippen LogP) is 4.88. The van der Waals surface area contributed by atoms with Crippen molar-refractivity contribution in [2.45, 2.75) is 64.9 Å². The monoisotopic (exact) mass is 381 g/mol. The van der Waals surface area contributed by atoms with Gasteiger partial charge in [-0.15, -0.1) is 0 Å². The molecule has 5 nitrogen and oxygen atoms in total. The van der Waals surface area contributed by atoms with Crippen LogP contribution in [0.3, 0.4) is 0 Å². The molecule has 3 N–H and O–H groups in total. The standard InChI is InChI=1S/C18H28ClN3O2Si/c1-11-13(9-10-14(21-6)15(11)19)22-16(17(20)23)12(2)24-25(7,8)18(3,4)5/h9-10,12,16,22H,1-5,7-8H3,(H2,20,23)/t12-,16-/m1/s1. The van der Waals surface area contributed by atoms with E-state index in [2.05, 4.69) is 44.0 Å². The van der Waals surface area contributed by atoms with Gasteiger partial charge in [0.15, 0.2) is 8.32 Å². The molecule has 0 aliphatic heterocycles. The topological polar surface area (TPSA) is 68.7 Å². The minimum atomic E-state index is -2.05. The zero-order valence-electron chi connectivity index (χ0n) is 16.0. The van der Waals surface area contributed by atoms with Crippen molar-refractivity contribution in [3.8, 4) is 0 Å². The number of nitrogens with two attached hydrogens (primary N) is 1. The van der Waals surface area contributed by atoms with Crippen LogP contribution in [0.15, 0.2) is 12.1 Å². The van der Waals surface area contributed by atoms with Gasteiger partial charge < -0.3 is 15.5 Å². The molecule has 1 aromatic carbocycles. The Balaban J connectivity index is 3.09. The summed E-state index contributed by atoms with van der Waals surface area (Å²) in [4.78, 5) is 15.4. The van der Waals surface area contributed by atoms with Gasteiger partial charge >= 0.3 is 0 Å². The van der Waals surface area contributed by atoms with Crippen molar-refractivity contribution in [1.29, 1.82) is 0 Å². The van der Waals surface area contributed by atoms with Crippen LogP contribution in [-0.2, 0) is 9.22 Å². The van der Waals surface area contributed by atoms with E-state index >= 15 is 0 Å². The summed E-state index contributed by atoms with van der Waals surface area (Å²) >= 11 is 6.21. The number of nitrogens with zero attached hydrogens (tertiary/aromatic N) is 1. The molecule has 25 heavy (non-hydrogen) atoms. The lowest BCUT2D eigenvalue weighted by Gasteiger charge is -2.40. The Morgan fingerprint density at radius 1 is 1.40 bits per heavy atom. The molecule has 0 aliphatic carbocycles. The SMILES string of the molecule is [C-]#[N+]c1ccc(N[C@@H](C(N)=O)[C@@H](C)O[Si](C)(C)C(C)(C)C)c(C)c1Cl. The molecule has 0 bridgehead atoms. The van der Waals surface area contributed by atoms with Gasteiger partial charge in [0.05, 0.1) is 17.7 Å². The number of carbonyl (C=O) groups excluding carboxylic acids is 1. The second-order valence-corrected chi connectivity index (χ2v) is 12.9. The first-order valence-corrected chi connectivity index (χ1v) is 11.5. The molecule has 138 valence electrons. The second kappa shape index (κ2) is 7.77. The highest BCUT2D eigenvalue weighted by atomic mass is 35.5. The van der Waals surface area contributed by atoms with Crippen molar-refractivity contribution >= 4 is 37.2 Å². The summed E-state index contributed by atoms with van der Waals surface area (Å²) < 4.78 is 6.31. The highest BCUT2D eigenvalue weighted by Crippen LogP contribution is 2.38. The number of primary amides is 1. The van der Waals surface area contributed by atoms with E-state index in [0.29, 0.717) is 22.0 Å². The van der Waals surface area contributed by atoms with Gasteiger partial charge in [0.2, 0.25) is 11.6 Å². The summed E-state index contributed by atoms with van der Waals surface area (Å²) in [7, 11) is -2.05. The Labute approximate surface area is 156 Å². The number of hydrogen-bond donors (Lipinski definition) is 2. The average molecular weight is 382 g/mol. The molecule has 0 saturated carbocycles. The number of benzene rings is 1. The highest BCUT2D eigenvalue weighted by Gasteiger charge is 2.40. The van der Waals surface area contributed by atoms with Gasteiger partial charge in [-0.05, 0) is 43.6 Å². The lowest BCUT2D eigenvalue weighted by molar-refractivity contribution is -0.120. The summed E-state index contributed by atoms with van der Waals surface area (Å²) in [5.41, 5.74) is 7.37. The maximum absolute atomic E-state index is 12.0. The third-order valence-corrected chi connectivity index (χ3v) is 9.91. The minimum absolute atomic E-state index is 0.0277. The van der Waals surface area contributed by atoms with Crippen molar-refractivity contribution in [1.82, 2.24) is 0 Å². The lowest BCUT2D eigenvalue weighted by atomic mass is 10.1. The molecule has 1 amide bonds. The van der Waals surface area contributed by atoms with Crippen LogP contribution in [0.2, 0.25) is 23.2 Å². The van der Waals surface area contributed by atoms with Gasteiger partial charge in [0, 0.05) is 5.69 Å². The third kappa shape index (κ3) is 4.97. The van der Waals surface area contributed by atoms with E-state index in [4.69, 9.17) is 28.3 Å². The first-order valence-electron chi connectivity index (χ1n) is 8.22. The highest BCUT2D eigenvalue weighted by molar-refractivity contribution is 6.74. The first-order chi connectivity index (χ1) is 11.3. The molecule has 0 fully saturated rings. The Morgan fingerprint density at radius 2 is 1.96 bits per heavy atom. The van der Waals surface area contributed by atoms with Gasteiger partial charge in [-0.3, -0.25) is 4.79 Å². The Hall–Kier alpha value is -1.55. The Morgan fingerprint density at radius 3 is 2.40 bits per heavy atom. The van der Waals surface area contributed by atoms with E-state index < -0.39 is 26.4 Å². The lowest BCUT2D eigenvalue weighted by Crippen LogP contribution is -2.51. The molecule has 0 aliphatic rings. The molecule has 0 aromatic heterocycles. The van der Waals surface area contributed by atoms with Crippen LogP contribution >= 0.6 is 11.6 Å². The first kappa shape index (κ1) is 21.5. The molecule has 0 radical (unpaired) electrons. The van der Waals surface area contributed by atoms with Gasteiger partial charge in [-0.25, -0.2) is 4.85 Å². The zero-order chi connectivity index (χ0) is 19.6. The number of carbonyl (C=O) groups is 1. The van der Waals surface area contributed by atoms with E-state index in [-0.39, 0.29) is 5.04 Å². The quantitative estimate of drug-likeness (QED) is 0.545. The van der Waals surface area contributed by atoms with E-state index in [1.807, 2.05) is 6.92 Å². The summed E-state index contributed by atoms with van der Waals surface area (Å²) in [6.45, 7) is 21.5. The van der Waals surface area contributed by atoms with Crippen molar-refractivity contribution in [3.63, 3.8) is 0 Å². The maximum Gasteiger partial charge on any atom is 0.242 e. The molecule has 2 atom stereocenters. The van der Waals surface area contributed by atoms with Crippen LogP contribution in [0.1, 0.15) is 33.3 Å². The van der Waals surface area contributed by atoms with Crippen molar-refractivity contribution < 1.29 is 9.22 Å². The third-order valence-electron chi connectivity index (χ3n) is 4.86. The van der Waals surface area contributed by atoms with Crippen LogP contribution in [0.5, 0.6) is 0 Å². The molecular weight excluding hydrogens is 354 g/mol. The zero-order valence-corrected chi connectivity index (χ0v) is 17.8. The fraction of sp³-hybridized carbons (Fsp3) is 0.556. The molecule has 0 spiro atoms. The van der Waals surface area contributed by atoms with E-state index in [0.717, 1.165) is 0 Å². The van der Waals surface area contributed by atoms with Crippen LogP contribution < -0.4 is 11.1 Å². The van der Waals surface area contributed by atoms with Gasteiger partial charge in [0.25, 0.3) is 0 Å². The van der Waals surface area contributed by atoms with Crippen LogP contribution in [0, 0.1) is 13.5 Å². The van der Waals surface area contributed by atoms with Gasteiger partial charge in [-0.1, -0.05) is 38.4 Å². The molecule has 1 rings (SSSR count). The molecule has 0 saturated heterocycles. The number of nitrogens with one attached hydrogen (secondary N) is 1. The number of rotatable bonds is 6. The normalized spacial score (nSPS) is 14.5. The Bertz CT molecular complexity index is 693. The van der Waals surface area contributed by atoms with Gasteiger partial charge in [-0.2, -0.15) is 0 Å². The molecular formula is C18H28ClN3O2Si. The number of hydrogen-bond acceptors (Lipinski definition) is 3. The molecule has 0 unspecified atom stereocenters. The summed E-state index contributed by atoms with van der Waals surface area (Å²) in [6, 6.07) is 2.67. The largest absolute Gasteiger partial charge is 0.412 e. The van der Waals surface area contributed by atoms with E-state index in [1.54, 1.807) is 19.1 Å². The summed E-state index contributed by atoms with van der Waals surface area (Å²) in [5.74, 6) is -0.490. The molecule has 7 heteroatoms. The number of anilines is 1. The number of halogens is 1. The van der Waals surface area contributed by atoms with Crippen molar-refractivity contribution in [2.24, 2.45) is 5.73 Å². The predicted molar refractivity (Wildman–Crippen MR) is 107 cm³/mol. The number of amides is 1. The smallest absolute Gasteiger partial charge is 0.242 e. The maximum atomic E-state index is 12.0. The Kier molecular flexibility index (Phi) is 6.68. The van der Waals surface area contributed by atoms with Crippen molar-refractivity contribution in [2.75, 3.05) is 5.32 Å². The average Bonchev–Trinajstić information content (AvgIpc) is 2.46.